The van der Waals surface area contributed by atoms with Gasteiger partial charge in [0, 0.05) is 16.3 Å². The largest absolute Gasteiger partial charge is 0.469 e. The van der Waals surface area contributed by atoms with Gasteiger partial charge in [-0.15, -0.1) is 0 Å². The maximum atomic E-state index is 14.0. The van der Waals surface area contributed by atoms with Gasteiger partial charge in [-0.05, 0) is 48.0 Å². The maximum Gasteiger partial charge on any atom is 0.329 e. The van der Waals surface area contributed by atoms with Crippen LogP contribution in [0.3, 0.4) is 0 Å². The molecule has 1 saturated heterocycles. The van der Waals surface area contributed by atoms with Crippen molar-refractivity contribution in [3.8, 4) is 6.07 Å². The Morgan fingerprint density at radius 1 is 1.12 bits per heavy atom. The number of carbonyl (C=O) groups is 2. The zero-order chi connectivity index (χ0) is 23.2. The highest BCUT2D eigenvalue weighted by Gasteiger charge is 2.68. The van der Waals surface area contributed by atoms with Crippen molar-refractivity contribution in [1.82, 2.24) is 0 Å². The van der Waals surface area contributed by atoms with Crippen molar-refractivity contribution < 1.29 is 18.7 Å². The summed E-state index contributed by atoms with van der Waals surface area (Å²) in [4.78, 5) is 29.2. The molecule has 0 saturated carbocycles. The Balaban J connectivity index is 1.79. The molecule has 2 aliphatic rings. The summed E-state index contributed by atoms with van der Waals surface area (Å²) >= 11 is 6.04. The monoisotopic (exact) mass is 458 g/mol. The van der Waals surface area contributed by atoms with Gasteiger partial charge in [0.05, 0.1) is 31.4 Å². The molecule has 4 atom stereocenters. The molecule has 164 valence electrons. The van der Waals surface area contributed by atoms with Crippen molar-refractivity contribution in [2.75, 3.05) is 12.0 Å². The quantitative estimate of drug-likeness (QED) is 0.410. The molecule has 6 nitrogen and oxygen atoms in total. The molecule has 1 aromatic heterocycles. The van der Waals surface area contributed by atoms with Crippen molar-refractivity contribution in [3.63, 3.8) is 0 Å². The number of esters is 1. The predicted octanol–water partition coefficient (Wildman–Crippen LogP) is 4.87. The summed E-state index contributed by atoms with van der Waals surface area (Å²) in [5.41, 5.74) is 0.364. The van der Waals surface area contributed by atoms with E-state index in [0.29, 0.717) is 16.3 Å². The van der Waals surface area contributed by atoms with E-state index in [4.69, 9.17) is 20.8 Å². The van der Waals surface area contributed by atoms with Crippen molar-refractivity contribution in [3.05, 3.63) is 94.9 Å². The highest BCUT2D eigenvalue weighted by atomic mass is 35.5. The van der Waals surface area contributed by atoms with Gasteiger partial charge in [-0.2, -0.15) is 5.26 Å². The van der Waals surface area contributed by atoms with Crippen molar-refractivity contribution in [1.29, 1.82) is 5.26 Å². The van der Waals surface area contributed by atoms with E-state index in [2.05, 4.69) is 6.07 Å². The molecule has 3 heterocycles. The SMILES string of the molecule is COC(=O)C1(C#N)C(c2ccco2)C(C(=O)c2ccc(Cl)cc2)N2c3ccccc3C=CC21. The molecule has 5 rings (SSSR count). The third-order valence-electron chi connectivity index (χ3n) is 6.50. The van der Waals surface area contributed by atoms with E-state index in [1.807, 2.05) is 35.2 Å². The first kappa shape index (κ1) is 21.0. The summed E-state index contributed by atoms with van der Waals surface area (Å²) in [7, 11) is 1.25. The average Bonchev–Trinajstić information content (AvgIpc) is 3.48. The molecule has 0 spiro atoms. The minimum Gasteiger partial charge on any atom is -0.469 e. The van der Waals surface area contributed by atoms with Gasteiger partial charge >= 0.3 is 5.97 Å². The average molecular weight is 459 g/mol. The van der Waals surface area contributed by atoms with E-state index < -0.39 is 29.4 Å². The van der Waals surface area contributed by atoms with Crippen molar-refractivity contribution in [2.24, 2.45) is 5.41 Å². The second kappa shape index (κ2) is 7.95. The predicted molar refractivity (Wildman–Crippen MR) is 123 cm³/mol. The number of hydrogen-bond donors (Lipinski definition) is 0. The first-order valence-electron chi connectivity index (χ1n) is 10.4. The van der Waals surface area contributed by atoms with E-state index in [1.165, 1.54) is 13.4 Å². The summed E-state index contributed by atoms with van der Waals surface area (Å²) in [6.07, 6.45) is 5.15. The first-order chi connectivity index (χ1) is 16.0. The lowest BCUT2D eigenvalue weighted by Crippen LogP contribution is -2.46. The van der Waals surface area contributed by atoms with Gasteiger partial charge in [-0.25, -0.2) is 0 Å². The number of anilines is 1. The van der Waals surface area contributed by atoms with E-state index in [-0.39, 0.29) is 5.78 Å². The molecule has 0 N–H and O–H groups in total. The van der Waals surface area contributed by atoms with E-state index >= 15 is 0 Å². The molecule has 0 bridgehead atoms. The van der Waals surface area contributed by atoms with Crippen LogP contribution >= 0.6 is 11.6 Å². The van der Waals surface area contributed by atoms with Gasteiger partial charge in [0.25, 0.3) is 0 Å². The Kier molecular flexibility index (Phi) is 5.07. The molecular formula is C26H19ClN2O4. The molecule has 0 radical (unpaired) electrons. The van der Waals surface area contributed by atoms with E-state index in [0.717, 1.165) is 11.3 Å². The number of nitrogens with zero attached hydrogens (tertiary/aromatic N) is 2. The minimum absolute atomic E-state index is 0.246. The number of carbonyl (C=O) groups excluding carboxylic acids is 2. The molecule has 4 unspecified atom stereocenters. The van der Waals surface area contributed by atoms with Gasteiger partial charge in [0.15, 0.2) is 11.2 Å². The lowest BCUT2D eigenvalue weighted by molar-refractivity contribution is -0.150. The van der Waals surface area contributed by atoms with Gasteiger partial charge < -0.3 is 14.1 Å². The topological polar surface area (TPSA) is 83.5 Å². The Bertz CT molecular complexity index is 1290. The first-order valence-corrected chi connectivity index (χ1v) is 10.8. The fourth-order valence-electron chi connectivity index (χ4n) is 5.10. The molecule has 2 aliphatic heterocycles. The second-order valence-electron chi connectivity index (χ2n) is 8.05. The smallest absolute Gasteiger partial charge is 0.329 e. The maximum absolute atomic E-state index is 14.0. The van der Waals surface area contributed by atoms with Crippen LogP contribution in [0, 0.1) is 16.7 Å². The second-order valence-corrected chi connectivity index (χ2v) is 8.49. The van der Waals surface area contributed by atoms with Crippen LogP contribution in [-0.2, 0) is 9.53 Å². The van der Waals surface area contributed by atoms with Crippen LogP contribution in [0.25, 0.3) is 6.08 Å². The molecule has 0 aliphatic carbocycles. The Labute approximate surface area is 195 Å². The molecule has 33 heavy (non-hydrogen) atoms. The zero-order valence-corrected chi connectivity index (χ0v) is 18.4. The number of para-hydroxylation sites is 1. The number of ketones is 1. The fourth-order valence-corrected chi connectivity index (χ4v) is 5.22. The Morgan fingerprint density at radius 2 is 1.88 bits per heavy atom. The zero-order valence-electron chi connectivity index (χ0n) is 17.6. The van der Waals surface area contributed by atoms with E-state index in [9.17, 15) is 14.9 Å². The molecule has 2 aromatic carbocycles. The van der Waals surface area contributed by atoms with Crippen LogP contribution in [0.4, 0.5) is 5.69 Å². The normalized spacial score (nSPS) is 25.1. The molecule has 0 amide bonds. The standard InChI is InChI=1S/C26H19ClN2O4/c1-32-25(31)26(15-28)21-13-10-16-5-2-3-6-19(16)29(21)23(22(26)20-7-4-14-33-20)24(30)17-8-11-18(27)12-9-17/h2-14,21-23H,1H3. The molecule has 3 aromatic rings. The number of hydrogen-bond acceptors (Lipinski definition) is 6. The number of methoxy groups -OCH3 is 1. The summed E-state index contributed by atoms with van der Waals surface area (Å²) in [5, 5.41) is 11.0. The van der Waals surface area contributed by atoms with Crippen molar-refractivity contribution in [2.45, 2.75) is 18.0 Å². The lowest BCUT2D eigenvalue weighted by atomic mass is 9.70. The Hall–Kier alpha value is -3.82. The van der Waals surface area contributed by atoms with Crippen LogP contribution in [0.15, 0.2) is 77.4 Å². The minimum atomic E-state index is -1.70. The van der Waals surface area contributed by atoms with Crippen LogP contribution in [0.2, 0.25) is 5.02 Å². The number of benzene rings is 2. The number of fused-ring (bicyclic) bond motifs is 3. The van der Waals surface area contributed by atoms with Crippen LogP contribution < -0.4 is 4.90 Å². The van der Waals surface area contributed by atoms with Gasteiger partial charge in [0.1, 0.15) is 11.8 Å². The number of halogens is 1. The van der Waals surface area contributed by atoms with Crippen LogP contribution in [0.1, 0.15) is 27.6 Å². The number of furan rings is 1. The number of rotatable bonds is 4. The van der Waals surface area contributed by atoms with Gasteiger partial charge in [-0.1, -0.05) is 42.0 Å². The summed E-state index contributed by atoms with van der Waals surface area (Å²) < 4.78 is 10.9. The fraction of sp³-hybridized carbons (Fsp3) is 0.192. The van der Waals surface area contributed by atoms with Gasteiger partial charge in [-0.3, -0.25) is 9.59 Å². The van der Waals surface area contributed by atoms with Crippen molar-refractivity contribution >= 4 is 35.1 Å². The summed E-state index contributed by atoms with van der Waals surface area (Å²) in [6, 6.07) is 18.1. The highest BCUT2D eigenvalue weighted by Crippen LogP contribution is 2.56. The van der Waals surface area contributed by atoms with Gasteiger partial charge in [0.2, 0.25) is 0 Å². The summed E-state index contributed by atoms with van der Waals surface area (Å²) in [5.74, 6) is -1.50. The third kappa shape index (κ3) is 3.00. The molecule has 7 heteroatoms. The van der Waals surface area contributed by atoms with E-state index in [1.54, 1.807) is 42.5 Å². The highest BCUT2D eigenvalue weighted by molar-refractivity contribution is 6.30. The van der Waals surface area contributed by atoms with Crippen LogP contribution in [-0.4, -0.2) is 30.9 Å². The number of Topliss-reactive ketones (excluding diaryl/α,β-unsaturated/α-hetero) is 1. The Morgan fingerprint density at radius 3 is 2.55 bits per heavy atom. The summed E-state index contributed by atoms with van der Waals surface area (Å²) in [6.45, 7) is 0. The number of nitriles is 1. The number of ether oxygens (including phenoxy) is 1. The molecule has 1 fully saturated rings. The third-order valence-corrected chi connectivity index (χ3v) is 6.75. The molecular weight excluding hydrogens is 440 g/mol. The van der Waals surface area contributed by atoms with Crippen LogP contribution in [0.5, 0.6) is 0 Å². The lowest BCUT2D eigenvalue weighted by Gasteiger charge is -2.36.